The number of amides is 1. The Morgan fingerprint density at radius 3 is 1.59 bits per heavy atom. The van der Waals surface area contributed by atoms with Crippen molar-refractivity contribution in [3.8, 4) is 28.0 Å². The monoisotopic (exact) mass is 834 g/mol. The topological polar surface area (TPSA) is 95.9 Å². The van der Waals surface area contributed by atoms with Crippen molar-refractivity contribution < 1.29 is 50.5 Å². The van der Waals surface area contributed by atoms with E-state index in [1.807, 2.05) is 95.7 Å². The van der Waals surface area contributed by atoms with E-state index in [1.54, 1.807) is 0 Å². The summed E-state index contributed by atoms with van der Waals surface area (Å²) in [7, 11) is 0. The quantitative estimate of drug-likeness (QED) is 0.0277. The van der Waals surface area contributed by atoms with E-state index in [4.69, 9.17) is 14.2 Å². The van der Waals surface area contributed by atoms with Gasteiger partial charge in [0.2, 0.25) is 34.8 Å². The molecule has 0 saturated heterocycles. The third-order valence-electron chi connectivity index (χ3n) is 11.3. The number of aromatic nitrogens is 1. The zero-order valence-corrected chi connectivity index (χ0v) is 32.6. The number of nitrogens with zero attached hydrogens (tertiary/aromatic N) is 1. The maximum Gasteiger partial charge on any atom is 0.407 e. The summed E-state index contributed by atoms with van der Waals surface area (Å²) in [6, 6.07) is 33.6. The lowest BCUT2D eigenvalue weighted by Gasteiger charge is -2.20. The van der Waals surface area contributed by atoms with Crippen molar-refractivity contribution in [1.29, 1.82) is 0 Å². The smallest absolute Gasteiger partial charge is 0.407 e. The molecule has 0 aliphatic heterocycles. The van der Waals surface area contributed by atoms with Crippen LogP contribution in [-0.4, -0.2) is 41.9 Å². The maximum atomic E-state index is 14.5. The van der Waals surface area contributed by atoms with Crippen LogP contribution in [0.4, 0.5) is 26.7 Å². The molecular weight excluding hydrogens is 796 g/mol. The minimum absolute atomic E-state index is 0.0592. The molecule has 2 aliphatic rings. The van der Waals surface area contributed by atoms with E-state index in [1.165, 1.54) is 0 Å². The highest BCUT2D eigenvalue weighted by Crippen LogP contribution is 2.46. The zero-order valence-electron chi connectivity index (χ0n) is 32.6. The number of nitrogens with one attached hydrogen (secondary N) is 1. The van der Waals surface area contributed by atoms with E-state index < -0.39 is 52.9 Å². The average Bonchev–Trinajstić information content (AvgIpc) is 3.97. The Hall–Kier alpha value is -6.76. The van der Waals surface area contributed by atoms with Gasteiger partial charge in [-0.15, -0.1) is 0 Å². The van der Waals surface area contributed by atoms with Crippen molar-refractivity contribution in [2.75, 3.05) is 13.2 Å². The van der Waals surface area contributed by atoms with Gasteiger partial charge in [0.15, 0.2) is 0 Å². The van der Waals surface area contributed by atoms with Crippen molar-refractivity contribution in [3.05, 3.63) is 172 Å². The standard InChI is InChI=1S/C48H39F5N2O6/c49-41-42(50)44(52)46(45(53)43(41)51)61-47(57)39(54-48(58)60-27-38-35-19-7-3-15-31(35)32-16-4-8-20-36(32)38)21-9-10-24-55-25-11-12-28(55)22-23-40(56)59-26-37-33-17-5-1-13-29(33)30-14-2-6-18-34(30)37/h1-8,11-20,25,37-39H,9-10,21-24,26-27H2,(H,54,58). The van der Waals surface area contributed by atoms with Gasteiger partial charge in [-0.05, 0) is 82.3 Å². The van der Waals surface area contributed by atoms with E-state index >= 15 is 0 Å². The number of alkyl carbamates (subject to hydrolysis) is 1. The van der Waals surface area contributed by atoms with E-state index in [-0.39, 0.29) is 50.3 Å². The molecule has 1 N–H and O–H groups in total. The van der Waals surface area contributed by atoms with Gasteiger partial charge >= 0.3 is 18.0 Å². The predicted octanol–water partition coefficient (Wildman–Crippen LogP) is 10.2. The number of halogens is 5. The van der Waals surface area contributed by atoms with Crippen LogP contribution in [0.1, 0.15) is 65.5 Å². The molecule has 61 heavy (non-hydrogen) atoms. The Bertz CT molecular complexity index is 2510. The SMILES string of the molecule is O=C(CCc1cccn1CCCCC(NC(=O)OCC1c2ccccc2-c2ccccc21)C(=O)Oc1c(F)c(F)c(F)c(F)c1F)OCC1c2ccccc2-c2ccccc21. The Kier molecular flexibility index (Phi) is 12.0. The molecule has 312 valence electrons. The number of hydrogen-bond donors (Lipinski definition) is 1. The summed E-state index contributed by atoms with van der Waals surface area (Å²) in [5, 5.41) is 2.37. The molecule has 8 rings (SSSR count). The molecule has 1 heterocycles. The molecule has 0 saturated carbocycles. The summed E-state index contributed by atoms with van der Waals surface area (Å²) < 4.78 is 88.7. The van der Waals surface area contributed by atoms with Gasteiger partial charge < -0.3 is 24.1 Å². The van der Waals surface area contributed by atoms with E-state index in [0.717, 1.165) is 50.2 Å². The fourth-order valence-electron chi connectivity index (χ4n) is 8.32. The van der Waals surface area contributed by atoms with E-state index in [0.29, 0.717) is 19.4 Å². The van der Waals surface area contributed by atoms with Crippen molar-refractivity contribution >= 4 is 18.0 Å². The largest absolute Gasteiger partial charge is 0.465 e. The van der Waals surface area contributed by atoms with E-state index in [9.17, 15) is 36.3 Å². The number of esters is 2. The van der Waals surface area contributed by atoms with Crippen LogP contribution in [0.3, 0.4) is 0 Å². The summed E-state index contributed by atoms with van der Waals surface area (Å²) in [6.07, 6.45) is 1.82. The van der Waals surface area contributed by atoms with Gasteiger partial charge in [0.05, 0.1) is 6.42 Å². The second-order valence-corrected chi connectivity index (χ2v) is 14.9. The highest BCUT2D eigenvalue weighted by Gasteiger charge is 2.34. The van der Waals surface area contributed by atoms with Crippen LogP contribution in [0.2, 0.25) is 0 Å². The van der Waals surface area contributed by atoms with Crippen molar-refractivity contribution in [2.45, 2.75) is 56.5 Å². The highest BCUT2D eigenvalue weighted by atomic mass is 19.2. The van der Waals surface area contributed by atoms with Crippen molar-refractivity contribution in [1.82, 2.24) is 9.88 Å². The first-order valence-corrected chi connectivity index (χ1v) is 19.9. The third-order valence-corrected chi connectivity index (χ3v) is 11.3. The number of carbonyl (C=O) groups is 3. The number of benzene rings is 5. The minimum Gasteiger partial charge on any atom is -0.465 e. The zero-order chi connectivity index (χ0) is 42.6. The van der Waals surface area contributed by atoms with Crippen LogP contribution in [0.15, 0.2) is 115 Å². The van der Waals surface area contributed by atoms with Gasteiger partial charge in [-0.3, -0.25) is 4.79 Å². The van der Waals surface area contributed by atoms with Crippen LogP contribution in [0, 0.1) is 29.1 Å². The molecule has 8 nitrogen and oxygen atoms in total. The van der Waals surface area contributed by atoms with Gasteiger partial charge in [-0.2, -0.15) is 8.78 Å². The number of ether oxygens (including phenoxy) is 3. The Morgan fingerprint density at radius 1 is 0.590 bits per heavy atom. The normalized spacial score (nSPS) is 13.2. The Labute approximate surface area is 347 Å². The third kappa shape index (κ3) is 8.37. The lowest BCUT2D eigenvalue weighted by atomic mass is 9.98. The summed E-state index contributed by atoms with van der Waals surface area (Å²) in [5.74, 6) is -15.6. The van der Waals surface area contributed by atoms with Gasteiger partial charge in [-0.1, -0.05) is 97.1 Å². The number of rotatable bonds is 15. The number of aryl methyl sites for hydroxylation is 2. The van der Waals surface area contributed by atoms with Crippen LogP contribution in [0.25, 0.3) is 22.3 Å². The van der Waals surface area contributed by atoms with Gasteiger partial charge in [-0.25, -0.2) is 22.8 Å². The van der Waals surface area contributed by atoms with Gasteiger partial charge in [0.25, 0.3) is 0 Å². The summed E-state index contributed by atoms with van der Waals surface area (Å²) in [5.41, 5.74) is 9.19. The summed E-state index contributed by atoms with van der Waals surface area (Å²) in [4.78, 5) is 39.5. The number of fused-ring (bicyclic) bond motifs is 6. The lowest BCUT2D eigenvalue weighted by Crippen LogP contribution is -2.43. The second kappa shape index (κ2) is 17.8. The fourth-order valence-corrected chi connectivity index (χ4v) is 8.32. The first-order valence-electron chi connectivity index (χ1n) is 19.9. The molecule has 1 amide bonds. The molecular formula is C48H39F5N2O6. The fraction of sp³-hybridized carbons (Fsp3) is 0.229. The summed E-state index contributed by atoms with van der Waals surface area (Å²) >= 11 is 0. The number of unbranched alkanes of at least 4 members (excludes halogenated alkanes) is 1. The molecule has 0 bridgehead atoms. The van der Waals surface area contributed by atoms with Crippen molar-refractivity contribution in [3.63, 3.8) is 0 Å². The Balaban J connectivity index is 0.878. The second-order valence-electron chi connectivity index (χ2n) is 14.9. The predicted molar refractivity (Wildman–Crippen MR) is 215 cm³/mol. The maximum absolute atomic E-state index is 14.5. The molecule has 0 radical (unpaired) electrons. The molecule has 0 spiro atoms. The van der Waals surface area contributed by atoms with Gasteiger partial charge in [0, 0.05) is 30.3 Å². The molecule has 6 aromatic rings. The molecule has 1 atom stereocenters. The van der Waals surface area contributed by atoms with Crippen LogP contribution >= 0.6 is 0 Å². The molecule has 13 heteroatoms. The number of hydrogen-bond acceptors (Lipinski definition) is 6. The molecule has 1 aromatic heterocycles. The molecule has 2 aliphatic carbocycles. The number of carbonyl (C=O) groups excluding carboxylic acids is 3. The first-order chi connectivity index (χ1) is 29.6. The molecule has 0 fully saturated rings. The van der Waals surface area contributed by atoms with Crippen molar-refractivity contribution in [2.24, 2.45) is 0 Å². The summed E-state index contributed by atoms with van der Waals surface area (Å²) in [6.45, 7) is 0.523. The molecule has 5 aromatic carbocycles. The molecule has 1 unspecified atom stereocenters. The lowest BCUT2D eigenvalue weighted by molar-refractivity contribution is -0.144. The first kappa shape index (κ1) is 41.0. The average molecular weight is 835 g/mol. The van der Waals surface area contributed by atoms with E-state index in [2.05, 4.69) is 29.6 Å². The van der Waals surface area contributed by atoms with Crippen LogP contribution < -0.4 is 10.1 Å². The highest BCUT2D eigenvalue weighted by molar-refractivity contribution is 5.83. The van der Waals surface area contributed by atoms with Crippen LogP contribution in [-0.2, 0) is 32.0 Å². The minimum atomic E-state index is -2.41. The Morgan fingerprint density at radius 2 is 1.07 bits per heavy atom. The van der Waals surface area contributed by atoms with Crippen LogP contribution in [0.5, 0.6) is 5.75 Å². The van der Waals surface area contributed by atoms with Gasteiger partial charge in [0.1, 0.15) is 19.3 Å².